The van der Waals surface area contributed by atoms with E-state index < -0.39 is 0 Å². The molecule has 0 saturated heterocycles. The molecule has 1 rings (SSSR count). The fourth-order valence-corrected chi connectivity index (χ4v) is 2.70. The standard InChI is InChI=1S/C7H13N3Se/c1-4-11-6-5(2)9-10(3)7(6)8/h4,8H2,1-3H3. The van der Waals surface area contributed by atoms with E-state index in [-0.39, 0.29) is 0 Å². The first-order chi connectivity index (χ1) is 5.16. The van der Waals surface area contributed by atoms with Crippen molar-refractivity contribution in [2.75, 3.05) is 5.73 Å². The Morgan fingerprint density at radius 1 is 1.64 bits per heavy atom. The first-order valence-electron chi connectivity index (χ1n) is 3.58. The van der Waals surface area contributed by atoms with Gasteiger partial charge in [0.05, 0.1) is 0 Å². The minimum absolute atomic E-state index is 0.502. The van der Waals surface area contributed by atoms with Gasteiger partial charge in [-0.15, -0.1) is 0 Å². The average Bonchev–Trinajstić information content (AvgIpc) is 2.17. The van der Waals surface area contributed by atoms with Crippen LogP contribution in [-0.4, -0.2) is 24.7 Å². The molecule has 11 heavy (non-hydrogen) atoms. The number of hydrogen-bond donors (Lipinski definition) is 1. The van der Waals surface area contributed by atoms with Crippen LogP contribution < -0.4 is 10.2 Å². The molecule has 0 unspecified atom stereocenters. The van der Waals surface area contributed by atoms with Gasteiger partial charge in [-0.2, -0.15) is 0 Å². The van der Waals surface area contributed by atoms with E-state index in [9.17, 15) is 0 Å². The summed E-state index contributed by atoms with van der Waals surface area (Å²) in [7, 11) is 1.89. The zero-order valence-corrected chi connectivity index (χ0v) is 8.80. The molecule has 0 aliphatic heterocycles. The predicted octanol–water partition coefficient (Wildman–Crippen LogP) is 0.0784. The van der Waals surface area contributed by atoms with E-state index >= 15 is 0 Å². The van der Waals surface area contributed by atoms with Crippen molar-refractivity contribution in [1.29, 1.82) is 0 Å². The molecule has 0 radical (unpaired) electrons. The number of aryl methyl sites for hydroxylation is 2. The third-order valence-electron chi connectivity index (χ3n) is 1.50. The van der Waals surface area contributed by atoms with E-state index in [0.29, 0.717) is 15.0 Å². The maximum absolute atomic E-state index is 5.81. The molecule has 0 aromatic carbocycles. The molecule has 2 N–H and O–H groups in total. The Morgan fingerprint density at radius 2 is 2.27 bits per heavy atom. The fourth-order valence-electron chi connectivity index (χ4n) is 0.979. The number of anilines is 1. The van der Waals surface area contributed by atoms with Gasteiger partial charge < -0.3 is 0 Å². The van der Waals surface area contributed by atoms with E-state index in [1.54, 1.807) is 4.68 Å². The minimum atomic E-state index is 0.502. The molecule has 1 aromatic heterocycles. The number of nitrogen functional groups attached to an aromatic ring is 1. The molecular formula is C7H13N3Se. The van der Waals surface area contributed by atoms with Crippen LogP contribution in [0.4, 0.5) is 5.82 Å². The van der Waals surface area contributed by atoms with Crippen LogP contribution in [0.15, 0.2) is 0 Å². The van der Waals surface area contributed by atoms with E-state index in [2.05, 4.69) is 12.0 Å². The van der Waals surface area contributed by atoms with Gasteiger partial charge in [0.15, 0.2) is 0 Å². The summed E-state index contributed by atoms with van der Waals surface area (Å²) in [6.45, 7) is 4.19. The zero-order valence-electron chi connectivity index (χ0n) is 7.09. The van der Waals surface area contributed by atoms with Crippen LogP contribution in [0.3, 0.4) is 0 Å². The van der Waals surface area contributed by atoms with Crippen LogP contribution in [0.25, 0.3) is 0 Å². The second-order valence-corrected chi connectivity index (χ2v) is 5.03. The van der Waals surface area contributed by atoms with Crippen molar-refractivity contribution < 1.29 is 0 Å². The van der Waals surface area contributed by atoms with Gasteiger partial charge in [-0.3, -0.25) is 0 Å². The van der Waals surface area contributed by atoms with E-state index in [4.69, 9.17) is 5.73 Å². The second-order valence-electron chi connectivity index (χ2n) is 2.36. The topological polar surface area (TPSA) is 43.8 Å². The van der Waals surface area contributed by atoms with Gasteiger partial charge >= 0.3 is 72.7 Å². The first-order valence-corrected chi connectivity index (χ1v) is 5.65. The summed E-state index contributed by atoms with van der Waals surface area (Å²) in [6, 6.07) is 0. The van der Waals surface area contributed by atoms with Gasteiger partial charge in [0.1, 0.15) is 0 Å². The van der Waals surface area contributed by atoms with Gasteiger partial charge in [-0.25, -0.2) is 0 Å². The molecule has 0 fully saturated rings. The summed E-state index contributed by atoms with van der Waals surface area (Å²) in [6.07, 6.45) is 0. The predicted molar refractivity (Wildman–Crippen MR) is 48.2 cm³/mol. The number of nitrogens with zero attached hydrogens (tertiary/aromatic N) is 2. The van der Waals surface area contributed by atoms with Gasteiger partial charge in [0.2, 0.25) is 0 Å². The third kappa shape index (κ3) is 1.57. The monoisotopic (exact) mass is 219 g/mol. The van der Waals surface area contributed by atoms with Crippen molar-refractivity contribution in [3.8, 4) is 0 Å². The number of nitrogens with two attached hydrogens (primary N) is 1. The molecule has 0 aliphatic carbocycles. The van der Waals surface area contributed by atoms with Crippen LogP contribution in [0.1, 0.15) is 12.6 Å². The van der Waals surface area contributed by atoms with Gasteiger partial charge in [-0.1, -0.05) is 0 Å². The van der Waals surface area contributed by atoms with Crippen LogP contribution in [0.2, 0.25) is 5.32 Å². The van der Waals surface area contributed by atoms with Crippen molar-refractivity contribution in [3.05, 3.63) is 5.69 Å². The Balaban J connectivity index is 3.02. The third-order valence-corrected chi connectivity index (χ3v) is 3.77. The van der Waals surface area contributed by atoms with Crippen LogP contribution in [0, 0.1) is 6.92 Å². The number of hydrogen-bond acceptors (Lipinski definition) is 2. The van der Waals surface area contributed by atoms with Crippen molar-refractivity contribution in [1.82, 2.24) is 9.78 Å². The summed E-state index contributed by atoms with van der Waals surface area (Å²) in [5.74, 6) is 0.837. The zero-order chi connectivity index (χ0) is 8.43. The van der Waals surface area contributed by atoms with Crippen molar-refractivity contribution in [2.24, 2.45) is 7.05 Å². The molecule has 0 amide bonds. The van der Waals surface area contributed by atoms with Crippen LogP contribution in [-0.2, 0) is 7.05 Å². The summed E-state index contributed by atoms with van der Waals surface area (Å²) in [5.41, 5.74) is 6.90. The molecule has 0 atom stereocenters. The molecule has 3 nitrogen and oxygen atoms in total. The molecule has 1 heterocycles. The van der Waals surface area contributed by atoms with E-state index in [1.807, 2.05) is 14.0 Å². The summed E-state index contributed by atoms with van der Waals surface area (Å²) < 4.78 is 3.02. The van der Waals surface area contributed by atoms with Gasteiger partial charge in [-0.05, 0) is 0 Å². The van der Waals surface area contributed by atoms with Gasteiger partial charge in [0, 0.05) is 0 Å². The normalized spacial score (nSPS) is 10.5. The Morgan fingerprint density at radius 3 is 2.64 bits per heavy atom. The number of rotatable bonds is 2. The summed E-state index contributed by atoms with van der Waals surface area (Å²) in [4.78, 5) is 0. The molecule has 0 bridgehead atoms. The van der Waals surface area contributed by atoms with E-state index in [1.165, 1.54) is 9.78 Å². The Hall–Kier alpha value is -0.471. The number of aromatic nitrogens is 2. The molecule has 4 heteroatoms. The average molecular weight is 218 g/mol. The maximum atomic E-state index is 5.81. The molecule has 0 aliphatic rings. The summed E-state index contributed by atoms with van der Waals surface area (Å²) >= 11 is 0.502. The Bertz CT molecular complexity index is 254. The quantitative estimate of drug-likeness (QED) is 0.714. The van der Waals surface area contributed by atoms with Crippen molar-refractivity contribution in [3.63, 3.8) is 0 Å². The van der Waals surface area contributed by atoms with E-state index in [0.717, 1.165) is 11.5 Å². The first kappa shape index (κ1) is 8.62. The SMILES string of the molecule is CC[Se]c1c(C)nn(C)c1N. The molecular weight excluding hydrogens is 205 g/mol. The van der Waals surface area contributed by atoms with Crippen LogP contribution >= 0.6 is 0 Å². The molecule has 1 aromatic rings. The van der Waals surface area contributed by atoms with Gasteiger partial charge in [0.25, 0.3) is 0 Å². The van der Waals surface area contributed by atoms with Crippen molar-refractivity contribution >= 4 is 25.2 Å². The molecule has 62 valence electrons. The Labute approximate surface area is 73.1 Å². The fraction of sp³-hybridized carbons (Fsp3) is 0.571. The Kier molecular flexibility index (Phi) is 2.57. The summed E-state index contributed by atoms with van der Waals surface area (Å²) in [5, 5.41) is 5.42. The van der Waals surface area contributed by atoms with Crippen molar-refractivity contribution in [2.45, 2.75) is 19.2 Å². The van der Waals surface area contributed by atoms with Crippen LogP contribution in [0.5, 0.6) is 0 Å². The molecule has 0 saturated carbocycles. The molecule has 0 spiro atoms. The second kappa shape index (κ2) is 3.28.